The minimum absolute atomic E-state index is 0.205. The van der Waals surface area contributed by atoms with E-state index in [-0.39, 0.29) is 11.3 Å². The molecule has 0 heterocycles. The lowest BCUT2D eigenvalue weighted by Gasteiger charge is -2.14. The predicted octanol–water partition coefficient (Wildman–Crippen LogP) is 1.16. The maximum atomic E-state index is 11.9. The molecule has 0 aromatic heterocycles. The van der Waals surface area contributed by atoms with Crippen molar-refractivity contribution in [2.45, 2.75) is 12.4 Å². The van der Waals surface area contributed by atoms with E-state index in [0.717, 1.165) is 12.1 Å². The molecule has 0 unspecified atom stereocenters. The normalized spacial score (nSPS) is 13.6. The maximum Gasteiger partial charge on any atom is 0.573 e. The summed E-state index contributed by atoms with van der Waals surface area (Å²) < 4.78 is 39.5. The molecule has 0 saturated heterocycles. The third kappa shape index (κ3) is 3.28. The summed E-state index contributed by atoms with van der Waals surface area (Å²) in [6, 6.07) is 2.54. The van der Waals surface area contributed by atoms with Crippen LogP contribution in [0.25, 0.3) is 0 Å². The number of ether oxygens (including phenoxy) is 1. The number of rotatable bonds is 3. The van der Waals surface area contributed by atoms with E-state index in [1.165, 1.54) is 6.07 Å². The van der Waals surface area contributed by atoms with E-state index in [9.17, 15) is 13.2 Å². The van der Waals surface area contributed by atoms with Crippen molar-refractivity contribution >= 4 is 5.69 Å². The molecular weight excluding hydrogens is 225 g/mol. The first-order valence-corrected chi connectivity index (χ1v) is 4.35. The summed E-state index contributed by atoms with van der Waals surface area (Å²) in [4.78, 5) is 0. The van der Waals surface area contributed by atoms with Gasteiger partial charge in [-0.1, -0.05) is 0 Å². The summed E-state index contributed by atoms with van der Waals surface area (Å²) >= 11 is 0. The van der Waals surface area contributed by atoms with Gasteiger partial charge in [0, 0.05) is 5.69 Å². The highest BCUT2D eigenvalue weighted by atomic mass is 19.4. The third-order valence-corrected chi connectivity index (χ3v) is 1.89. The van der Waals surface area contributed by atoms with Gasteiger partial charge in [0.2, 0.25) is 0 Å². The zero-order valence-corrected chi connectivity index (χ0v) is 8.16. The molecule has 0 aliphatic carbocycles. The largest absolute Gasteiger partial charge is 0.573 e. The minimum Gasteiger partial charge on any atom is -0.406 e. The summed E-state index contributed by atoms with van der Waals surface area (Å²) in [6.45, 7) is -0.417. The topological polar surface area (TPSA) is 81.5 Å². The van der Waals surface area contributed by atoms with Gasteiger partial charge in [-0.3, -0.25) is 0 Å². The molecule has 16 heavy (non-hydrogen) atoms. The average molecular weight is 236 g/mol. The van der Waals surface area contributed by atoms with Crippen LogP contribution in [0.15, 0.2) is 18.2 Å². The molecular formula is C9H11F3N2O2. The monoisotopic (exact) mass is 236 g/mol. The summed E-state index contributed by atoms with van der Waals surface area (Å²) in [5.74, 6) is -0.416. The van der Waals surface area contributed by atoms with Crippen LogP contribution in [0.1, 0.15) is 11.6 Å². The fourth-order valence-electron chi connectivity index (χ4n) is 1.17. The number of hydrogen-bond donors (Lipinski definition) is 3. The molecule has 0 saturated carbocycles. The van der Waals surface area contributed by atoms with Gasteiger partial charge in [0.25, 0.3) is 0 Å². The van der Waals surface area contributed by atoms with Crippen LogP contribution in [0.2, 0.25) is 0 Å². The molecule has 1 atom stereocenters. The van der Waals surface area contributed by atoms with Gasteiger partial charge in [0.05, 0.1) is 12.6 Å². The highest BCUT2D eigenvalue weighted by Gasteiger charge is 2.31. The van der Waals surface area contributed by atoms with Crippen molar-refractivity contribution in [1.29, 1.82) is 0 Å². The Morgan fingerprint density at radius 1 is 1.38 bits per heavy atom. The number of nitrogens with two attached hydrogens (primary N) is 2. The SMILES string of the molecule is Nc1ccc(OC(F)(F)F)cc1[C@@H](N)CO. The number of anilines is 1. The Balaban J connectivity index is 2.98. The number of benzene rings is 1. The molecule has 0 bridgehead atoms. The first kappa shape index (κ1) is 12.6. The van der Waals surface area contributed by atoms with Crippen LogP contribution in [-0.4, -0.2) is 18.1 Å². The van der Waals surface area contributed by atoms with Crippen molar-refractivity contribution in [2.24, 2.45) is 5.73 Å². The van der Waals surface area contributed by atoms with E-state index in [0.29, 0.717) is 0 Å². The van der Waals surface area contributed by atoms with Gasteiger partial charge < -0.3 is 21.3 Å². The first-order valence-electron chi connectivity index (χ1n) is 4.35. The Kier molecular flexibility index (Phi) is 3.61. The molecule has 0 fully saturated rings. The fourth-order valence-corrected chi connectivity index (χ4v) is 1.17. The molecule has 1 aromatic rings. The summed E-state index contributed by atoms with van der Waals surface area (Å²) in [5.41, 5.74) is 11.4. The molecule has 5 N–H and O–H groups in total. The standard InChI is InChI=1S/C9H11F3N2O2/c10-9(11,12)16-5-1-2-7(13)6(3-5)8(14)4-15/h1-3,8,15H,4,13-14H2/t8-/m0/s1. The second kappa shape index (κ2) is 4.58. The molecule has 0 aliphatic rings. The van der Waals surface area contributed by atoms with E-state index in [2.05, 4.69) is 4.74 Å². The number of aliphatic hydroxyl groups is 1. The van der Waals surface area contributed by atoms with Gasteiger partial charge in [0.1, 0.15) is 5.75 Å². The lowest BCUT2D eigenvalue weighted by atomic mass is 10.1. The van der Waals surface area contributed by atoms with Gasteiger partial charge in [-0.15, -0.1) is 13.2 Å². The Bertz CT molecular complexity index is 368. The predicted molar refractivity (Wildman–Crippen MR) is 51.6 cm³/mol. The van der Waals surface area contributed by atoms with Crippen LogP contribution in [0.3, 0.4) is 0 Å². The zero-order valence-electron chi connectivity index (χ0n) is 8.16. The molecule has 90 valence electrons. The molecule has 1 aromatic carbocycles. The Morgan fingerprint density at radius 3 is 2.50 bits per heavy atom. The number of alkyl halides is 3. The minimum atomic E-state index is -4.77. The van der Waals surface area contributed by atoms with E-state index in [4.69, 9.17) is 16.6 Å². The molecule has 1 rings (SSSR count). The second-order valence-electron chi connectivity index (χ2n) is 3.13. The number of aliphatic hydroxyl groups excluding tert-OH is 1. The number of nitrogen functional groups attached to an aromatic ring is 1. The summed E-state index contributed by atoms with van der Waals surface area (Å²) in [7, 11) is 0. The van der Waals surface area contributed by atoms with Crippen LogP contribution >= 0.6 is 0 Å². The van der Waals surface area contributed by atoms with Gasteiger partial charge in [-0.05, 0) is 23.8 Å². The molecule has 0 aliphatic heterocycles. The first-order chi connectivity index (χ1) is 7.33. The van der Waals surface area contributed by atoms with Crippen molar-refractivity contribution in [3.05, 3.63) is 23.8 Å². The molecule has 7 heteroatoms. The van der Waals surface area contributed by atoms with Crippen LogP contribution in [-0.2, 0) is 0 Å². The van der Waals surface area contributed by atoms with Crippen molar-refractivity contribution in [2.75, 3.05) is 12.3 Å². The Morgan fingerprint density at radius 2 is 2.00 bits per heavy atom. The highest BCUT2D eigenvalue weighted by molar-refractivity contribution is 5.52. The van der Waals surface area contributed by atoms with E-state index >= 15 is 0 Å². The Labute approximate surface area is 89.6 Å². The number of hydrogen-bond acceptors (Lipinski definition) is 4. The number of halogens is 3. The maximum absolute atomic E-state index is 11.9. The molecule has 0 radical (unpaired) electrons. The second-order valence-corrected chi connectivity index (χ2v) is 3.13. The van der Waals surface area contributed by atoms with Crippen LogP contribution in [0.4, 0.5) is 18.9 Å². The van der Waals surface area contributed by atoms with E-state index < -0.39 is 24.8 Å². The van der Waals surface area contributed by atoms with Crippen molar-refractivity contribution < 1.29 is 23.0 Å². The molecule has 0 amide bonds. The van der Waals surface area contributed by atoms with E-state index in [1.807, 2.05) is 0 Å². The average Bonchev–Trinajstić information content (AvgIpc) is 2.18. The molecule has 4 nitrogen and oxygen atoms in total. The third-order valence-electron chi connectivity index (χ3n) is 1.89. The van der Waals surface area contributed by atoms with Crippen molar-refractivity contribution in [3.8, 4) is 5.75 Å². The summed E-state index contributed by atoms with van der Waals surface area (Å²) in [5, 5.41) is 8.79. The quantitative estimate of drug-likeness (QED) is 0.688. The lowest BCUT2D eigenvalue weighted by molar-refractivity contribution is -0.274. The van der Waals surface area contributed by atoms with Crippen LogP contribution in [0, 0.1) is 0 Å². The van der Waals surface area contributed by atoms with Crippen LogP contribution in [0.5, 0.6) is 5.75 Å². The summed E-state index contributed by atoms with van der Waals surface area (Å²) in [6.07, 6.45) is -4.77. The highest BCUT2D eigenvalue weighted by Crippen LogP contribution is 2.28. The van der Waals surface area contributed by atoms with Gasteiger partial charge in [-0.25, -0.2) is 0 Å². The smallest absolute Gasteiger partial charge is 0.406 e. The van der Waals surface area contributed by atoms with E-state index in [1.54, 1.807) is 0 Å². The van der Waals surface area contributed by atoms with Gasteiger partial charge in [-0.2, -0.15) is 0 Å². The van der Waals surface area contributed by atoms with Crippen molar-refractivity contribution in [1.82, 2.24) is 0 Å². The van der Waals surface area contributed by atoms with Gasteiger partial charge in [0.15, 0.2) is 0 Å². The fraction of sp³-hybridized carbons (Fsp3) is 0.333. The zero-order chi connectivity index (χ0) is 12.3. The Hall–Kier alpha value is -1.47. The molecule has 0 spiro atoms. The lowest BCUT2D eigenvalue weighted by Crippen LogP contribution is -2.19. The van der Waals surface area contributed by atoms with Crippen molar-refractivity contribution in [3.63, 3.8) is 0 Å². The van der Waals surface area contributed by atoms with Gasteiger partial charge >= 0.3 is 6.36 Å². The van der Waals surface area contributed by atoms with Crippen LogP contribution < -0.4 is 16.2 Å².